The van der Waals surface area contributed by atoms with Crippen LogP contribution in [0, 0.1) is 20.8 Å². The summed E-state index contributed by atoms with van der Waals surface area (Å²) < 4.78 is 7.17. The summed E-state index contributed by atoms with van der Waals surface area (Å²) in [6.07, 6.45) is 2.92. The first-order valence-electron chi connectivity index (χ1n) is 10.6. The van der Waals surface area contributed by atoms with Gasteiger partial charge in [0.15, 0.2) is 5.82 Å². The molecule has 4 heterocycles. The summed E-state index contributed by atoms with van der Waals surface area (Å²) in [7, 11) is 0. The van der Waals surface area contributed by atoms with Gasteiger partial charge in [-0.25, -0.2) is 0 Å². The molecule has 0 saturated heterocycles. The number of hydrogen-bond acceptors (Lipinski definition) is 7. The van der Waals surface area contributed by atoms with E-state index in [1.54, 1.807) is 23.5 Å². The van der Waals surface area contributed by atoms with Crippen LogP contribution in [-0.4, -0.2) is 32.6 Å². The largest absolute Gasteiger partial charge is 1.00 e. The Kier molecular flexibility index (Phi) is 7.73. The number of benzene rings is 1. The van der Waals surface area contributed by atoms with Gasteiger partial charge in [-0.05, 0) is 50.6 Å². The van der Waals surface area contributed by atoms with Crippen molar-refractivity contribution >= 4 is 40.8 Å². The van der Waals surface area contributed by atoms with Crippen molar-refractivity contribution in [3.05, 3.63) is 92.1 Å². The van der Waals surface area contributed by atoms with E-state index in [4.69, 9.17) is 21.0 Å². The molecule has 1 aliphatic heterocycles. The van der Waals surface area contributed by atoms with Gasteiger partial charge in [0.2, 0.25) is 0 Å². The zero-order valence-corrected chi connectivity index (χ0v) is 23.3. The molecule has 0 radical (unpaired) electrons. The van der Waals surface area contributed by atoms with Gasteiger partial charge in [-0.15, -0.1) is 21.5 Å². The Morgan fingerprint density at radius 2 is 2.00 bits per heavy atom. The molecule has 1 aliphatic rings. The van der Waals surface area contributed by atoms with E-state index in [9.17, 15) is 4.79 Å². The molecule has 1 amide bonds. The average molecular weight is 515 g/mol. The molecule has 0 unspecified atom stereocenters. The Morgan fingerprint density at radius 1 is 1.23 bits per heavy atom. The summed E-state index contributed by atoms with van der Waals surface area (Å²) in [4.78, 5) is 19.0. The molecule has 35 heavy (non-hydrogen) atoms. The number of amides is 1. The van der Waals surface area contributed by atoms with Crippen molar-refractivity contribution in [1.29, 1.82) is 0 Å². The van der Waals surface area contributed by atoms with Gasteiger partial charge in [0.1, 0.15) is 22.6 Å². The van der Waals surface area contributed by atoms with Gasteiger partial charge in [0.05, 0.1) is 17.9 Å². The predicted molar refractivity (Wildman–Crippen MR) is 133 cm³/mol. The molecule has 0 spiro atoms. The number of thiophene rings is 1. The van der Waals surface area contributed by atoms with E-state index >= 15 is 0 Å². The molecule has 172 valence electrons. The van der Waals surface area contributed by atoms with E-state index in [2.05, 4.69) is 34.6 Å². The number of aromatic nitrogens is 3. The number of halogens is 1. The molecule has 0 saturated carbocycles. The predicted octanol–water partition coefficient (Wildman–Crippen LogP) is 2.72. The summed E-state index contributed by atoms with van der Waals surface area (Å²) in [5.74, 6) is 1.43. The maximum Gasteiger partial charge on any atom is 1.00 e. The van der Waals surface area contributed by atoms with Crippen molar-refractivity contribution in [2.45, 2.75) is 33.2 Å². The van der Waals surface area contributed by atoms with Gasteiger partial charge >= 0.3 is 29.6 Å². The van der Waals surface area contributed by atoms with E-state index in [1.807, 2.05) is 35.8 Å². The fourth-order valence-electron chi connectivity index (χ4n) is 3.85. The van der Waals surface area contributed by atoms with E-state index in [0.717, 1.165) is 33.2 Å². The number of aryl methyl sites for hydroxylation is 2. The van der Waals surface area contributed by atoms with Gasteiger partial charge in [0.25, 0.3) is 0 Å². The molecular formula is C24H20ClN6NaO2S. The van der Waals surface area contributed by atoms with Gasteiger partial charge in [0, 0.05) is 33.7 Å². The number of fused-ring (bicyclic) bond motifs is 3. The molecule has 5 rings (SSSR count). The number of hydrogen-bond donors (Lipinski definition) is 0. The molecule has 0 N–H and O–H groups in total. The third-order valence-electron chi connectivity index (χ3n) is 5.62. The molecule has 4 aromatic rings. The minimum atomic E-state index is -0.582. The van der Waals surface area contributed by atoms with Gasteiger partial charge in [-0.1, -0.05) is 23.7 Å². The van der Waals surface area contributed by atoms with Crippen LogP contribution < -0.4 is 29.6 Å². The Balaban J connectivity index is 0.00000289. The quantitative estimate of drug-likeness (QED) is 0.232. The molecule has 0 aliphatic carbocycles. The second kappa shape index (κ2) is 10.6. The van der Waals surface area contributed by atoms with Crippen molar-refractivity contribution in [2.24, 2.45) is 10.1 Å². The molecule has 0 fully saturated rings. The fraction of sp³-hybridized carbons (Fsp3) is 0.208. The monoisotopic (exact) mass is 514 g/mol. The van der Waals surface area contributed by atoms with Crippen LogP contribution in [0.1, 0.15) is 51.4 Å². The van der Waals surface area contributed by atoms with E-state index in [-0.39, 0.29) is 36.0 Å². The molecule has 11 heteroatoms. The van der Waals surface area contributed by atoms with Crippen molar-refractivity contribution in [1.82, 2.24) is 14.8 Å². The Labute approximate surface area is 233 Å². The van der Waals surface area contributed by atoms with Crippen LogP contribution >= 0.6 is 22.9 Å². The zero-order chi connectivity index (χ0) is 23.8. The topological polar surface area (TPSA) is 99.7 Å². The van der Waals surface area contributed by atoms with Crippen LogP contribution in [0.4, 0.5) is 0 Å². The summed E-state index contributed by atoms with van der Waals surface area (Å²) in [6, 6.07) is 10.4. The van der Waals surface area contributed by atoms with Crippen LogP contribution in [0.5, 0.6) is 0 Å². The van der Waals surface area contributed by atoms with Crippen molar-refractivity contribution in [3.8, 4) is 5.00 Å². The number of carbonyl (C=O) groups is 1. The normalized spacial score (nSPS) is 14.6. The zero-order valence-electron chi connectivity index (χ0n) is 19.7. The van der Waals surface area contributed by atoms with Crippen molar-refractivity contribution in [3.63, 3.8) is 0 Å². The maximum atomic E-state index is 12.7. The minimum absolute atomic E-state index is 0. The van der Waals surface area contributed by atoms with Gasteiger partial charge in [-0.2, -0.15) is 0 Å². The van der Waals surface area contributed by atoms with Crippen molar-refractivity contribution < 1.29 is 38.8 Å². The van der Waals surface area contributed by atoms with Crippen LogP contribution in [0.2, 0.25) is 5.02 Å². The summed E-state index contributed by atoms with van der Waals surface area (Å²) >= 11 is 7.80. The number of aliphatic imine (C=N–C) groups is 1. The van der Waals surface area contributed by atoms with Crippen LogP contribution in [-0.2, 0) is 4.79 Å². The first-order chi connectivity index (χ1) is 16.4. The molecule has 1 aromatic carbocycles. The van der Waals surface area contributed by atoms with E-state index in [0.29, 0.717) is 16.6 Å². The SMILES string of the molecule is Cc1sc2c(c1C)C(c1ccc(Cl)cc1)=N[C@@H](CC(=O)[N-]/N=C/c1ccco1)c1nnc(C)n1-2.[Na+]. The maximum absolute atomic E-state index is 12.7. The second-order valence-corrected chi connectivity index (χ2v) is 9.50. The summed E-state index contributed by atoms with van der Waals surface area (Å²) in [5.41, 5.74) is 7.65. The number of carbonyl (C=O) groups excluding carboxylic acids is 1. The molecular weight excluding hydrogens is 495 g/mol. The van der Waals surface area contributed by atoms with Crippen LogP contribution in [0.3, 0.4) is 0 Å². The van der Waals surface area contributed by atoms with Crippen LogP contribution in [0.15, 0.2) is 57.2 Å². The number of nitrogens with zero attached hydrogens (tertiary/aromatic N) is 6. The third kappa shape index (κ3) is 5.05. The standard InChI is InChI=1S/C24H21ClN6O2S.Na/c1-13-14(2)34-24-21(13)22(16-6-8-17(25)9-7-16)27-19(23-30-28-15(3)31(23)24)11-20(32)29-26-12-18-5-4-10-33-18;/h4-10,12,19H,11H2,1-3H3,(H,29,32);/q;+1/p-1/b26-12+;/t19-;/m0./s1. The van der Waals surface area contributed by atoms with Gasteiger partial charge in [-0.3, -0.25) is 9.56 Å². The average Bonchev–Trinajstić information content (AvgIpc) is 3.51. The smallest absolute Gasteiger partial charge is 0.544 e. The Morgan fingerprint density at radius 3 is 2.71 bits per heavy atom. The molecule has 8 nitrogen and oxygen atoms in total. The Bertz CT molecular complexity index is 1420. The first kappa shape index (κ1) is 25.5. The molecule has 0 bridgehead atoms. The van der Waals surface area contributed by atoms with E-state index < -0.39 is 11.9 Å². The second-order valence-electron chi connectivity index (χ2n) is 7.86. The summed E-state index contributed by atoms with van der Waals surface area (Å²) in [6.45, 7) is 6.07. The minimum Gasteiger partial charge on any atom is -0.544 e. The fourth-order valence-corrected chi connectivity index (χ4v) is 5.19. The van der Waals surface area contributed by atoms with Crippen LogP contribution in [0.25, 0.3) is 10.4 Å². The molecule has 1 atom stereocenters. The van der Waals surface area contributed by atoms with E-state index in [1.165, 1.54) is 17.4 Å². The molecule has 3 aromatic heterocycles. The number of rotatable bonds is 5. The van der Waals surface area contributed by atoms with Crippen molar-refractivity contribution in [2.75, 3.05) is 0 Å². The first-order valence-corrected chi connectivity index (χ1v) is 11.8. The van der Waals surface area contributed by atoms with Gasteiger partial charge < -0.3 is 19.7 Å². The Hall–Kier alpha value is -2.56. The summed E-state index contributed by atoms with van der Waals surface area (Å²) in [5, 5.41) is 14.2. The number of furan rings is 1. The third-order valence-corrected chi connectivity index (χ3v) is 7.07.